The Labute approximate surface area is 146 Å². The summed E-state index contributed by atoms with van der Waals surface area (Å²) in [6.45, 7) is 0.606. The van der Waals surface area contributed by atoms with Crippen LogP contribution in [0.5, 0.6) is 11.5 Å². The van der Waals surface area contributed by atoms with Crippen molar-refractivity contribution in [2.75, 3.05) is 24.9 Å². The molecule has 0 aliphatic heterocycles. The highest BCUT2D eigenvalue weighted by Crippen LogP contribution is 2.26. The number of rotatable bonds is 7. The fourth-order valence-corrected chi connectivity index (χ4v) is 2.42. The molecule has 1 aromatic heterocycles. The van der Waals surface area contributed by atoms with Crippen molar-refractivity contribution in [3.63, 3.8) is 0 Å². The molecule has 0 amide bonds. The van der Waals surface area contributed by atoms with E-state index >= 15 is 0 Å². The molecule has 0 saturated heterocycles. The fourth-order valence-electron chi connectivity index (χ4n) is 2.42. The van der Waals surface area contributed by atoms with Crippen molar-refractivity contribution in [3.05, 3.63) is 66.4 Å². The molecule has 3 rings (SSSR count). The normalized spacial score (nSPS) is 10.2. The first-order valence-corrected chi connectivity index (χ1v) is 7.89. The van der Waals surface area contributed by atoms with Crippen molar-refractivity contribution in [2.45, 2.75) is 6.54 Å². The van der Waals surface area contributed by atoms with Crippen molar-refractivity contribution < 1.29 is 9.47 Å². The molecule has 0 radical (unpaired) electrons. The number of nitrogens with one attached hydrogen (secondary N) is 2. The quantitative estimate of drug-likeness (QED) is 0.683. The highest BCUT2D eigenvalue weighted by atomic mass is 16.5. The van der Waals surface area contributed by atoms with Gasteiger partial charge in [0.2, 0.25) is 5.95 Å². The molecular formula is C19H20N4O2. The molecular weight excluding hydrogens is 316 g/mol. The van der Waals surface area contributed by atoms with E-state index in [1.54, 1.807) is 20.4 Å². The minimum Gasteiger partial charge on any atom is -0.496 e. The molecule has 0 spiro atoms. The first-order valence-electron chi connectivity index (χ1n) is 7.89. The summed E-state index contributed by atoms with van der Waals surface area (Å²) in [6, 6.07) is 17.3. The van der Waals surface area contributed by atoms with Crippen molar-refractivity contribution in [1.29, 1.82) is 0 Å². The maximum absolute atomic E-state index is 5.36. The average molecular weight is 336 g/mol. The van der Waals surface area contributed by atoms with Gasteiger partial charge in [-0.1, -0.05) is 30.3 Å². The van der Waals surface area contributed by atoms with Gasteiger partial charge in [-0.25, -0.2) is 4.98 Å². The molecule has 0 bridgehead atoms. The van der Waals surface area contributed by atoms with Gasteiger partial charge in [-0.15, -0.1) is 0 Å². The second kappa shape index (κ2) is 8.01. The van der Waals surface area contributed by atoms with E-state index in [1.165, 1.54) is 0 Å². The number of aromatic nitrogens is 2. The van der Waals surface area contributed by atoms with E-state index in [4.69, 9.17) is 9.47 Å². The molecule has 6 nitrogen and oxygen atoms in total. The summed E-state index contributed by atoms with van der Waals surface area (Å²) in [6.07, 6.45) is 1.70. The third kappa shape index (κ3) is 4.17. The maximum atomic E-state index is 5.36. The largest absolute Gasteiger partial charge is 0.496 e. The zero-order valence-corrected chi connectivity index (χ0v) is 14.2. The van der Waals surface area contributed by atoms with E-state index in [-0.39, 0.29) is 0 Å². The fraction of sp³-hybridized carbons (Fsp3) is 0.158. The predicted octanol–water partition coefficient (Wildman–Crippen LogP) is 3.85. The molecule has 2 N–H and O–H groups in total. The molecule has 0 atom stereocenters. The number of anilines is 3. The van der Waals surface area contributed by atoms with Crippen LogP contribution in [0.3, 0.4) is 0 Å². The van der Waals surface area contributed by atoms with Gasteiger partial charge in [0.25, 0.3) is 0 Å². The average Bonchev–Trinajstić information content (AvgIpc) is 2.67. The van der Waals surface area contributed by atoms with Crippen molar-refractivity contribution in [3.8, 4) is 11.5 Å². The first kappa shape index (κ1) is 16.6. The Morgan fingerprint density at radius 2 is 1.60 bits per heavy atom. The summed E-state index contributed by atoms with van der Waals surface area (Å²) in [5.41, 5.74) is 1.87. The number of benzene rings is 2. The SMILES string of the molecule is COc1ccccc1CNc1ccnc(Nc2ccccc2OC)n1. The van der Waals surface area contributed by atoms with Crippen LogP contribution in [0.15, 0.2) is 60.8 Å². The van der Waals surface area contributed by atoms with Gasteiger partial charge < -0.3 is 20.1 Å². The van der Waals surface area contributed by atoms with E-state index in [1.807, 2.05) is 54.6 Å². The van der Waals surface area contributed by atoms with Crippen LogP contribution < -0.4 is 20.1 Å². The lowest BCUT2D eigenvalue weighted by Crippen LogP contribution is -2.05. The van der Waals surface area contributed by atoms with Gasteiger partial charge in [-0.2, -0.15) is 4.98 Å². The minimum absolute atomic E-state index is 0.495. The number of hydrogen-bond donors (Lipinski definition) is 2. The topological polar surface area (TPSA) is 68.3 Å². The van der Waals surface area contributed by atoms with Crippen LogP contribution in [0, 0.1) is 0 Å². The Morgan fingerprint density at radius 1 is 0.880 bits per heavy atom. The van der Waals surface area contributed by atoms with Gasteiger partial charge in [0.05, 0.1) is 19.9 Å². The van der Waals surface area contributed by atoms with E-state index in [2.05, 4.69) is 20.6 Å². The lowest BCUT2D eigenvalue weighted by Gasteiger charge is -2.12. The van der Waals surface area contributed by atoms with E-state index < -0.39 is 0 Å². The summed E-state index contributed by atoms with van der Waals surface area (Å²) >= 11 is 0. The predicted molar refractivity (Wildman–Crippen MR) is 98.6 cm³/mol. The third-order valence-corrected chi connectivity index (χ3v) is 3.66. The Morgan fingerprint density at radius 3 is 2.40 bits per heavy atom. The Hall–Kier alpha value is -3.28. The molecule has 2 aromatic carbocycles. The smallest absolute Gasteiger partial charge is 0.229 e. The van der Waals surface area contributed by atoms with E-state index in [9.17, 15) is 0 Å². The highest BCUT2D eigenvalue weighted by molar-refractivity contribution is 5.62. The van der Waals surface area contributed by atoms with E-state index in [0.717, 1.165) is 28.6 Å². The van der Waals surface area contributed by atoms with Gasteiger partial charge in [0.1, 0.15) is 17.3 Å². The zero-order valence-electron chi connectivity index (χ0n) is 14.2. The maximum Gasteiger partial charge on any atom is 0.229 e. The molecule has 0 saturated carbocycles. The van der Waals surface area contributed by atoms with Crippen molar-refractivity contribution in [1.82, 2.24) is 9.97 Å². The van der Waals surface area contributed by atoms with Crippen LogP contribution in [-0.2, 0) is 6.54 Å². The van der Waals surface area contributed by atoms with E-state index in [0.29, 0.717) is 12.5 Å². The van der Waals surface area contributed by atoms with Crippen molar-refractivity contribution in [2.24, 2.45) is 0 Å². The Kier molecular flexibility index (Phi) is 5.31. The molecule has 0 unspecified atom stereocenters. The van der Waals surface area contributed by atoms with Gasteiger partial charge >= 0.3 is 0 Å². The number of para-hydroxylation sites is 3. The molecule has 1 heterocycles. The third-order valence-electron chi connectivity index (χ3n) is 3.66. The van der Waals surface area contributed by atoms with Crippen LogP contribution in [0.2, 0.25) is 0 Å². The number of hydrogen-bond acceptors (Lipinski definition) is 6. The molecule has 3 aromatic rings. The van der Waals surface area contributed by atoms with Gasteiger partial charge in [-0.05, 0) is 24.3 Å². The second-order valence-electron chi connectivity index (χ2n) is 5.26. The van der Waals surface area contributed by atoms with Crippen LogP contribution in [0.1, 0.15) is 5.56 Å². The molecule has 128 valence electrons. The first-order chi connectivity index (χ1) is 12.3. The number of nitrogens with zero attached hydrogens (tertiary/aromatic N) is 2. The summed E-state index contributed by atoms with van der Waals surface area (Å²) in [5, 5.41) is 6.46. The Balaban J connectivity index is 1.71. The monoisotopic (exact) mass is 336 g/mol. The molecule has 6 heteroatoms. The highest BCUT2D eigenvalue weighted by Gasteiger charge is 2.06. The van der Waals surface area contributed by atoms with Crippen LogP contribution in [-0.4, -0.2) is 24.2 Å². The lowest BCUT2D eigenvalue weighted by molar-refractivity contribution is 0.410. The summed E-state index contributed by atoms with van der Waals surface area (Å²) in [4.78, 5) is 8.74. The van der Waals surface area contributed by atoms with Gasteiger partial charge in [0, 0.05) is 18.3 Å². The summed E-state index contributed by atoms with van der Waals surface area (Å²) < 4.78 is 10.7. The molecule has 0 aliphatic rings. The molecule has 25 heavy (non-hydrogen) atoms. The van der Waals surface area contributed by atoms with Crippen LogP contribution in [0.25, 0.3) is 0 Å². The molecule has 0 fully saturated rings. The van der Waals surface area contributed by atoms with Crippen LogP contribution >= 0.6 is 0 Å². The van der Waals surface area contributed by atoms with Crippen molar-refractivity contribution >= 4 is 17.5 Å². The Bertz CT molecular complexity index is 839. The van der Waals surface area contributed by atoms with Gasteiger partial charge in [0.15, 0.2) is 0 Å². The summed E-state index contributed by atoms with van der Waals surface area (Å²) in [5.74, 6) is 2.79. The van der Waals surface area contributed by atoms with Crippen LogP contribution in [0.4, 0.5) is 17.5 Å². The standard InChI is InChI=1S/C19H20N4O2/c1-24-16-9-5-3-7-14(16)13-21-18-11-12-20-19(23-18)22-15-8-4-6-10-17(15)25-2/h3-12H,13H2,1-2H3,(H2,20,21,22,23). The molecule has 0 aliphatic carbocycles. The summed E-state index contributed by atoms with van der Waals surface area (Å²) in [7, 11) is 3.30. The zero-order chi connectivity index (χ0) is 17.5. The second-order valence-corrected chi connectivity index (χ2v) is 5.26. The van der Waals surface area contributed by atoms with Gasteiger partial charge in [-0.3, -0.25) is 0 Å². The number of ether oxygens (including phenoxy) is 2. The lowest BCUT2D eigenvalue weighted by atomic mass is 10.2. The number of methoxy groups -OCH3 is 2. The minimum atomic E-state index is 0.495.